The van der Waals surface area contributed by atoms with Crippen LogP contribution in [0, 0.1) is 0 Å². The van der Waals surface area contributed by atoms with Crippen LogP contribution in [0.1, 0.15) is 111 Å². The van der Waals surface area contributed by atoms with Gasteiger partial charge in [0.25, 0.3) is 5.91 Å². The highest BCUT2D eigenvalue weighted by Crippen LogP contribution is 2.40. The van der Waals surface area contributed by atoms with E-state index in [1.165, 1.54) is 12.5 Å². The fraction of sp³-hybridized carbons (Fsp3) is 0.474. The van der Waals surface area contributed by atoms with Crippen molar-refractivity contribution in [2.24, 2.45) is 0 Å². The molecular formula is C38H52N2O5. The third kappa shape index (κ3) is 9.03. The number of rotatable bonds is 15. The van der Waals surface area contributed by atoms with E-state index in [1.54, 1.807) is 24.3 Å². The van der Waals surface area contributed by atoms with Gasteiger partial charge in [0.15, 0.2) is 11.9 Å². The molecule has 0 fully saturated rings. The van der Waals surface area contributed by atoms with Gasteiger partial charge in [-0.05, 0) is 78.3 Å². The van der Waals surface area contributed by atoms with Crippen LogP contribution in [0.3, 0.4) is 0 Å². The van der Waals surface area contributed by atoms with Crippen molar-refractivity contribution in [2.45, 2.75) is 118 Å². The Bertz CT molecular complexity index is 1480. The molecule has 3 N–H and O–H groups in total. The highest BCUT2D eigenvalue weighted by atomic mass is 16.5. The van der Waals surface area contributed by atoms with Gasteiger partial charge >= 0.3 is 0 Å². The summed E-state index contributed by atoms with van der Waals surface area (Å²) >= 11 is 0. The summed E-state index contributed by atoms with van der Waals surface area (Å²) in [7, 11) is 0. The molecule has 3 aromatic carbocycles. The SMILES string of the molecule is CCCCc1cc(O)c(NC(=O)C(CC)Oc2ccc(C(C)(C)CC)cc2C(C)(C)CC)cc1Oc1ccccc1NC(C)=O. The summed E-state index contributed by atoms with van der Waals surface area (Å²) in [6.07, 6.45) is 4.10. The molecule has 1 atom stereocenters. The highest BCUT2D eigenvalue weighted by molar-refractivity contribution is 5.96. The average molecular weight is 617 g/mol. The lowest BCUT2D eigenvalue weighted by Gasteiger charge is -2.31. The van der Waals surface area contributed by atoms with Crippen molar-refractivity contribution in [3.05, 3.63) is 71.3 Å². The van der Waals surface area contributed by atoms with Crippen molar-refractivity contribution in [3.8, 4) is 23.0 Å². The number of anilines is 2. The van der Waals surface area contributed by atoms with Crippen molar-refractivity contribution in [2.75, 3.05) is 10.6 Å². The zero-order valence-electron chi connectivity index (χ0n) is 28.6. The predicted molar refractivity (Wildman–Crippen MR) is 184 cm³/mol. The molecule has 2 amide bonds. The lowest BCUT2D eigenvalue weighted by molar-refractivity contribution is -0.123. The molecule has 0 bridgehead atoms. The number of ether oxygens (including phenoxy) is 2. The minimum Gasteiger partial charge on any atom is -0.506 e. The molecular weight excluding hydrogens is 564 g/mol. The summed E-state index contributed by atoms with van der Waals surface area (Å²) < 4.78 is 12.8. The van der Waals surface area contributed by atoms with Crippen molar-refractivity contribution >= 4 is 23.2 Å². The van der Waals surface area contributed by atoms with Crippen LogP contribution >= 0.6 is 0 Å². The average Bonchev–Trinajstić information content (AvgIpc) is 3.01. The molecule has 0 aliphatic carbocycles. The van der Waals surface area contributed by atoms with Crippen LogP contribution in [0.15, 0.2) is 54.6 Å². The first kappa shape index (κ1) is 35.5. The van der Waals surface area contributed by atoms with Crippen LogP contribution in [-0.2, 0) is 26.8 Å². The lowest BCUT2D eigenvalue weighted by Crippen LogP contribution is -2.33. The first-order valence-corrected chi connectivity index (χ1v) is 16.3. The van der Waals surface area contributed by atoms with Crippen LogP contribution < -0.4 is 20.1 Å². The molecule has 7 nitrogen and oxygen atoms in total. The van der Waals surface area contributed by atoms with Crippen LogP contribution in [0.5, 0.6) is 23.0 Å². The number of aryl methyl sites for hydroxylation is 1. The molecule has 3 rings (SSSR count). The van der Waals surface area contributed by atoms with Crippen LogP contribution in [-0.4, -0.2) is 23.0 Å². The van der Waals surface area contributed by atoms with Gasteiger partial charge in [-0.2, -0.15) is 0 Å². The largest absolute Gasteiger partial charge is 0.506 e. The second-order valence-electron chi connectivity index (χ2n) is 13.0. The van der Waals surface area contributed by atoms with Crippen molar-refractivity contribution in [1.29, 1.82) is 0 Å². The molecule has 3 aromatic rings. The van der Waals surface area contributed by atoms with Gasteiger partial charge in [-0.1, -0.05) is 86.1 Å². The summed E-state index contributed by atoms with van der Waals surface area (Å²) in [5.74, 6) is 1.02. The van der Waals surface area contributed by atoms with E-state index < -0.39 is 6.10 Å². The van der Waals surface area contributed by atoms with Gasteiger partial charge in [-0.15, -0.1) is 0 Å². The summed E-state index contributed by atoms with van der Waals surface area (Å²) in [5.41, 5.74) is 3.74. The molecule has 0 saturated carbocycles. The molecule has 0 spiro atoms. The number of phenols is 1. The Balaban J connectivity index is 1.95. The van der Waals surface area contributed by atoms with E-state index in [2.05, 4.69) is 71.2 Å². The van der Waals surface area contributed by atoms with Gasteiger partial charge in [0, 0.05) is 18.6 Å². The molecule has 7 heteroatoms. The maximum Gasteiger partial charge on any atom is 0.265 e. The fourth-order valence-electron chi connectivity index (χ4n) is 5.00. The number of carbonyl (C=O) groups is 2. The van der Waals surface area contributed by atoms with Crippen molar-refractivity contribution in [1.82, 2.24) is 0 Å². The van der Waals surface area contributed by atoms with E-state index in [0.717, 1.165) is 36.8 Å². The van der Waals surface area contributed by atoms with Gasteiger partial charge < -0.3 is 25.2 Å². The number of carbonyl (C=O) groups excluding carboxylic acids is 2. The summed E-state index contributed by atoms with van der Waals surface area (Å²) in [4.78, 5) is 25.4. The molecule has 244 valence electrons. The molecule has 0 aliphatic rings. The third-order valence-electron chi connectivity index (χ3n) is 8.84. The lowest BCUT2D eigenvalue weighted by atomic mass is 9.76. The summed E-state index contributed by atoms with van der Waals surface area (Å²) in [5, 5.41) is 16.7. The first-order chi connectivity index (χ1) is 21.3. The Labute approximate surface area is 269 Å². The second-order valence-corrected chi connectivity index (χ2v) is 13.0. The van der Waals surface area contributed by atoms with E-state index in [-0.39, 0.29) is 34.1 Å². The number of nitrogens with one attached hydrogen (secondary N) is 2. The number of unbranched alkanes of at least 4 members (excludes halogenated alkanes) is 1. The summed E-state index contributed by atoms with van der Waals surface area (Å²) in [6, 6.07) is 16.8. The maximum absolute atomic E-state index is 13.7. The topological polar surface area (TPSA) is 96.9 Å². The van der Waals surface area contributed by atoms with Crippen molar-refractivity contribution < 1.29 is 24.2 Å². The highest BCUT2D eigenvalue weighted by Gasteiger charge is 2.29. The molecule has 0 radical (unpaired) electrons. The van der Waals surface area contributed by atoms with E-state index in [1.807, 2.05) is 25.1 Å². The van der Waals surface area contributed by atoms with Crippen LogP contribution in [0.4, 0.5) is 11.4 Å². The number of benzene rings is 3. The van der Waals surface area contributed by atoms with E-state index in [9.17, 15) is 14.7 Å². The normalized spacial score (nSPS) is 12.4. The number of phenolic OH excluding ortho intramolecular Hbond substituents is 1. The fourth-order valence-corrected chi connectivity index (χ4v) is 5.00. The maximum atomic E-state index is 13.7. The Morgan fingerprint density at radius 3 is 2.13 bits per heavy atom. The number of hydrogen-bond donors (Lipinski definition) is 3. The van der Waals surface area contributed by atoms with E-state index in [4.69, 9.17) is 9.47 Å². The number of hydrogen-bond acceptors (Lipinski definition) is 5. The molecule has 0 saturated heterocycles. The van der Waals surface area contributed by atoms with Gasteiger partial charge in [0.2, 0.25) is 5.91 Å². The molecule has 1 unspecified atom stereocenters. The van der Waals surface area contributed by atoms with Gasteiger partial charge in [0.05, 0.1) is 11.4 Å². The minimum atomic E-state index is -0.787. The zero-order chi connectivity index (χ0) is 33.4. The number of amides is 2. The van der Waals surface area contributed by atoms with Gasteiger partial charge in [-0.3, -0.25) is 9.59 Å². The Morgan fingerprint density at radius 1 is 0.822 bits per heavy atom. The zero-order valence-corrected chi connectivity index (χ0v) is 28.6. The number of para-hydroxylation sites is 2. The van der Waals surface area contributed by atoms with Crippen LogP contribution in [0.25, 0.3) is 0 Å². The Kier molecular flexibility index (Phi) is 12.1. The Hall–Kier alpha value is -4.00. The molecule has 0 aromatic heterocycles. The minimum absolute atomic E-state index is 0.0158. The van der Waals surface area contributed by atoms with Gasteiger partial charge in [-0.25, -0.2) is 0 Å². The second kappa shape index (κ2) is 15.3. The van der Waals surface area contributed by atoms with E-state index >= 15 is 0 Å². The molecule has 0 aliphatic heterocycles. The number of aromatic hydroxyl groups is 1. The summed E-state index contributed by atoms with van der Waals surface area (Å²) in [6.45, 7) is 18.7. The molecule has 0 heterocycles. The smallest absolute Gasteiger partial charge is 0.265 e. The van der Waals surface area contributed by atoms with Crippen LogP contribution in [0.2, 0.25) is 0 Å². The quantitative estimate of drug-likeness (QED) is 0.148. The Morgan fingerprint density at radius 2 is 1.51 bits per heavy atom. The predicted octanol–water partition coefficient (Wildman–Crippen LogP) is 9.66. The standard InChI is InChI=1S/C38H52N2O5/c1-10-14-17-26-22-31(42)30(24-35(26)45-34-19-16-15-18-29(34)39-25(5)41)40-36(43)32(11-2)44-33-21-20-27(37(6,7)12-3)23-28(33)38(8,9)13-4/h15-16,18-24,32,42H,10-14,17H2,1-9H3,(H,39,41)(H,40,43). The van der Waals surface area contributed by atoms with Crippen molar-refractivity contribution in [3.63, 3.8) is 0 Å². The van der Waals surface area contributed by atoms with Gasteiger partial charge in [0.1, 0.15) is 17.2 Å². The van der Waals surface area contributed by atoms with E-state index in [0.29, 0.717) is 35.8 Å². The molecule has 45 heavy (non-hydrogen) atoms. The monoisotopic (exact) mass is 616 g/mol. The first-order valence-electron chi connectivity index (χ1n) is 16.3. The third-order valence-corrected chi connectivity index (χ3v) is 8.84.